The number of benzene rings is 2. The van der Waals surface area contributed by atoms with Gasteiger partial charge < -0.3 is 24.0 Å². The van der Waals surface area contributed by atoms with Crippen molar-refractivity contribution in [1.29, 1.82) is 0 Å². The number of rotatable bonds is 7. The second-order valence-electron chi connectivity index (χ2n) is 11.3. The van der Waals surface area contributed by atoms with E-state index in [1.54, 1.807) is 48.5 Å². The molecule has 0 radical (unpaired) electrons. The molecule has 0 aliphatic carbocycles. The van der Waals surface area contributed by atoms with Crippen molar-refractivity contribution in [1.82, 2.24) is 14.8 Å². The summed E-state index contributed by atoms with van der Waals surface area (Å²) in [5.74, 6) is -0.378. The molecule has 4 amide bonds. The fourth-order valence-electron chi connectivity index (χ4n) is 6.68. The van der Waals surface area contributed by atoms with E-state index >= 15 is 0 Å². The Kier molecular flexibility index (Phi) is 6.97. The van der Waals surface area contributed by atoms with Crippen LogP contribution in [0.25, 0.3) is 0 Å². The molecule has 0 unspecified atom stereocenters. The van der Waals surface area contributed by atoms with Crippen LogP contribution in [0.3, 0.4) is 0 Å². The van der Waals surface area contributed by atoms with E-state index < -0.39 is 23.3 Å². The number of amides is 4. The fraction of sp³-hybridized carbons (Fsp3) is 0.355. The highest BCUT2D eigenvalue weighted by molar-refractivity contribution is 6.30. The maximum absolute atomic E-state index is 14.5. The van der Waals surface area contributed by atoms with E-state index in [9.17, 15) is 24.3 Å². The molecule has 6 rings (SSSR count). The number of imide groups is 2. The Morgan fingerprint density at radius 2 is 1.74 bits per heavy atom. The van der Waals surface area contributed by atoms with Crippen LogP contribution < -0.4 is 25.2 Å². The summed E-state index contributed by atoms with van der Waals surface area (Å²) in [6.07, 6.45) is 0.884. The molecule has 2 fully saturated rings. The summed E-state index contributed by atoms with van der Waals surface area (Å²) in [6.45, 7) is 1.78. The number of hydrogen-bond donors (Lipinski definition) is 2. The van der Waals surface area contributed by atoms with Crippen molar-refractivity contribution in [2.75, 3.05) is 38.8 Å². The lowest BCUT2D eigenvalue weighted by molar-refractivity contribution is -0.144. The smallest absolute Gasteiger partial charge is 0.335 e. The van der Waals surface area contributed by atoms with Gasteiger partial charge in [0.25, 0.3) is 11.5 Å². The fourth-order valence-corrected chi connectivity index (χ4v) is 6.68. The van der Waals surface area contributed by atoms with Gasteiger partial charge in [-0.1, -0.05) is 12.1 Å². The van der Waals surface area contributed by atoms with Gasteiger partial charge in [-0.05, 0) is 66.8 Å². The van der Waals surface area contributed by atoms with Gasteiger partial charge in [-0.2, -0.15) is 0 Å². The molecule has 3 atom stereocenters. The lowest BCUT2D eigenvalue weighted by Crippen LogP contribution is -2.68. The van der Waals surface area contributed by atoms with Crippen molar-refractivity contribution in [3.8, 4) is 17.2 Å². The number of fused-ring (bicyclic) bond motifs is 4. The number of methoxy groups -OCH3 is 2. The second-order valence-corrected chi connectivity index (χ2v) is 11.3. The molecular weight excluding hydrogens is 540 g/mol. The van der Waals surface area contributed by atoms with E-state index in [2.05, 4.69) is 10.2 Å². The summed E-state index contributed by atoms with van der Waals surface area (Å²) in [4.78, 5) is 57.1. The van der Waals surface area contributed by atoms with Gasteiger partial charge >= 0.3 is 6.03 Å². The Bertz CT molecular complexity index is 1620. The average molecular weight is 573 g/mol. The zero-order valence-corrected chi connectivity index (χ0v) is 23.4. The highest BCUT2D eigenvalue weighted by Crippen LogP contribution is 2.40. The number of aromatic hydroxyl groups is 1. The molecule has 218 valence electrons. The number of carbonyl (C=O) groups is 3. The van der Waals surface area contributed by atoms with Gasteiger partial charge in [0.05, 0.1) is 19.9 Å². The molecule has 3 aliphatic rings. The van der Waals surface area contributed by atoms with Gasteiger partial charge in [-0.25, -0.2) is 9.69 Å². The van der Waals surface area contributed by atoms with Crippen LogP contribution in [-0.4, -0.2) is 66.3 Å². The molecule has 11 nitrogen and oxygen atoms in total. The third-order valence-electron chi connectivity index (χ3n) is 8.60. The summed E-state index contributed by atoms with van der Waals surface area (Å²) in [6, 6.07) is 15.7. The molecule has 42 heavy (non-hydrogen) atoms. The summed E-state index contributed by atoms with van der Waals surface area (Å²) in [5, 5.41) is 12.6. The highest BCUT2D eigenvalue weighted by Gasteiger charge is 2.56. The van der Waals surface area contributed by atoms with Crippen molar-refractivity contribution < 1.29 is 29.0 Å². The molecular formula is C31H32N4O7. The van der Waals surface area contributed by atoms with Crippen molar-refractivity contribution in [2.45, 2.75) is 25.3 Å². The van der Waals surface area contributed by atoms with Crippen LogP contribution in [0.5, 0.6) is 17.2 Å². The van der Waals surface area contributed by atoms with Crippen LogP contribution in [0.1, 0.15) is 23.6 Å². The Morgan fingerprint density at radius 3 is 2.48 bits per heavy atom. The number of phenols is 1. The van der Waals surface area contributed by atoms with Gasteiger partial charge in [0.15, 0.2) is 11.5 Å². The van der Waals surface area contributed by atoms with Crippen molar-refractivity contribution in [3.63, 3.8) is 0 Å². The molecule has 2 aromatic carbocycles. The maximum atomic E-state index is 14.5. The summed E-state index contributed by atoms with van der Waals surface area (Å²) in [7, 11) is 2.94. The zero-order valence-electron chi connectivity index (χ0n) is 23.4. The van der Waals surface area contributed by atoms with E-state index in [1.165, 1.54) is 20.3 Å². The Hall–Kier alpha value is -4.64. The standard InChI is InChI=1S/C31H32N4O7/c1-41-23-9-7-22(8-10-23)35-29(39)31(28(38)32-30(35)40,14-19-6-11-25(36)26(13-19)42-2)18-33-15-20-12-21(17-33)24-4-3-5-27(37)34(24)16-20/h3-11,13,20-21,36H,12,14-18H2,1-2H3,(H,32,38,40)/t20-,21+,31-/m0/s1. The van der Waals surface area contributed by atoms with Crippen molar-refractivity contribution in [2.24, 2.45) is 11.3 Å². The quantitative estimate of drug-likeness (QED) is 0.413. The predicted octanol–water partition coefficient (Wildman–Crippen LogP) is 2.50. The van der Waals surface area contributed by atoms with Crippen LogP contribution in [0, 0.1) is 11.3 Å². The van der Waals surface area contributed by atoms with Crippen molar-refractivity contribution >= 4 is 23.5 Å². The Balaban J connectivity index is 1.39. The highest BCUT2D eigenvalue weighted by atomic mass is 16.5. The minimum absolute atomic E-state index is 0.0242. The number of phenolic OH excluding ortho intramolecular Hbond substituents is 1. The zero-order chi connectivity index (χ0) is 29.6. The number of pyridine rings is 1. The molecule has 3 aliphatic heterocycles. The number of ether oxygens (including phenoxy) is 2. The first kappa shape index (κ1) is 27.5. The molecule has 3 aromatic rings. The third kappa shape index (κ3) is 4.69. The van der Waals surface area contributed by atoms with Crippen LogP contribution in [0.15, 0.2) is 65.5 Å². The summed E-state index contributed by atoms with van der Waals surface area (Å²) < 4.78 is 12.3. The number of nitrogens with one attached hydrogen (secondary N) is 1. The topological polar surface area (TPSA) is 130 Å². The lowest BCUT2D eigenvalue weighted by Gasteiger charge is -2.47. The number of aromatic nitrogens is 1. The largest absolute Gasteiger partial charge is 0.504 e. The average Bonchev–Trinajstić information content (AvgIpc) is 2.98. The molecule has 2 N–H and O–H groups in total. The number of nitrogens with zero attached hydrogens (tertiary/aromatic N) is 3. The molecule has 11 heteroatoms. The van der Waals surface area contributed by atoms with Gasteiger partial charge in [-0.3, -0.25) is 19.7 Å². The predicted molar refractivity (Wildman–Crippen MR) is 153 cm³/mol. The van der Waals surface area contributed by atoms with E-state index in [-0.39, 0.29) is 41.9 Å². The molecule has 0 spiro atoms. The first-order chi connectivity index (χ1) is 20.2. The van der Waals surface area contributed by atoms with Crippen LogP contribution in [0.4, 0.5) is 10.5 Å². The van der Waals surface area contributed by atoms with Crippen LogP contribution in [0.2, 0.25) is 0 Å². The van der Waals surface area contributed by atoms with Gasteiger partial charge in [0.1, 0.15) is 11.2 Å². The molecule has 4 heterocycles. The third-order valence-corrected chi connectivity index (χ3v) is 8.60. The van der Waals surface area contributed by atoms with E-state index in [4.69, 9.17) is 9.47 Å². The number of urea groups is 1. The Morgan fingerprint density at radius 1 is 0.952 bits per heavy atom. The summed E-state index contributed by atoms with van der Waals surface area (Å²) in [5.41, 5.74) is 0.158. The number of anilines is 1. The molecule has 2 bridgehead atoms. The number of carbonyl (C=O) groups excluding carboxylic acids is 3. The number of piperidine rings is 1. The Labute approximate surface area is 242 Å². The second kappa shape index (κ2) is 10.6. The first-order valence-electron chi connectivity index (χ1n) is 13.8. The molecule has 2 saturated heterocycles. The van der Waals surface area contributed by atoms with Gasteiger partial charge in [0.2, 0.25) is 5.91 Å². The van der Waals surface area contributed by atoms with Crippen molar-refractivity contribution in [3.05, 3.63) is 82.3 Å². The van der Waals surface area contributed by atoms with Gasteiger partial charge in [-0.15, -0.1) is 0 Å². The van der Waals surface area contributed by atoms with Crippen LogP contribution in [-0.2, 0) is 22.6 Å². The van der Waals surface area contributed by atoms with Gasteiger partial charge in [0, 0.05) is 43.9 Å². The van der Waals surface area contributed by atoms with Crippen LogP contribution >= 0.6 is 0 Å². The monoisotopic (exact) mass is 572 g/mol. The summed E-state index contributed by atoms with van der Waals surface area (Å²) >= 11 is 0. The minimum Gasteiger partial charge on any atom is -0.504 e. The number of barbiturate groups is 1. The first-order valence-corrected chi connectivity index (χ1v) is 13.8. The number of likely N-dealkylation sites (tertiary alicyclic amines) is 1. The lowest BCUT2D eigenvalue weighted by atomic mass is 9.75. The SMILES string of the molecule is COc1ccc(N2C(=O)NC(=O)[C@](Cc3ccc(O)c(OC)c3)(CN3C[C@@H]4C[C@H](C3)c3cccc(=O)n3C4)C2=O)cc1. The molecule has 1 aromatic heterocycles. The van der Waals surface area contributed by atoms with E-state index in [0.29, 0.717) is 36.6 Å². The minimum atomic E-state index is -1.67. The normalized spacial score (nSPS) is 23.8. The number of hydrogen-bond acceptors (Lipinski definition) is 8. The van der Waals surface area contributed by atoms with E-state index in [1.807, 2.05) is 10.6 Å². The molecule has 0 saturated carbocycles. The maximum Gasteiger partial charge on any atom is 0.335 e. The van der Waals surface area contributed by atoms with E-state index in [0.717, 1.165) is 17.0 Å².